The van der Waals surface area contributed by atoms with Gasteiger partial charge < -0.3 is 20.1 Å². The molecule has 2 rings (SSSR count). The van der Waals surface area contributed by atoms with Crippen LogP contribution in [0, 0.1) is 0 Å². The van der Waals surface area contributed by atoms with Crippen LogP contribution in [0.2, 0.25) is 0 Å². The van der Waals surface area contributed by atoms with Gasteiger partial charge in [0.1, 0.15) is 0 Å². The summed E-state index contributed by atoms with van der Waals surface area (Å²) in [5.41, 5.74) is 0. The Labute approximate surface area is 125 Å². The van der Waals surface area contributed by atoms with Crippen LogP contribution in [-0.4, -0.2) is 77.9 Å². The molecule has 3 unspecified atom stereocenters. The average Bonchev–Trinajstić information content (AvgIpc) is 2.93. The lowest BCUT2D eigenvalue weighted by Gasteiger charge is -2.39. The number of carboxylic acid groups (broad SMARTS) is 1. The van der Waals surface area contributed by atoms with Crippen LogP contribution in [0.4, 0.5) is 4.79 Å². The monoisotopic (exact) mass is 299 g/mol. The fraction of sp³-hybridized carbons (Fsp3) is 0.857. The molecule has 3 atom stereocenters. The Bertz CT molecular complexity index is 390. The van der Waals surface area contributed by atoms with E-state index in [-0.39, 0.29) is 12.1 Å². The fourth-order valence-corrected chi connectivity index (χ4v) is 3.00. The molecule has 0 aromatic carbocycles. The zero-order valence-corrected chi connectivity index (χ0v) is 12.7. The molecule has 2 heterocycles. The van der Waals surface area contributed by atoms with E-state index in [0.29, 0.717) is 25.4 Å². The van der Waals surface area contributed by atoms with Crippen molar-refractivity contribution in [2.24, 2.45) is 0 Å². The van der Waals surface area contributed by atoms with Gasteiger partial charge in [0.25, 0.3) is 0 Å². The summed E-state index contributed by atoms with van der Waals surface area (Å²) in [4.78, 5) is 27.1. The molecular weight excluding hydrogens is 274 g/mol. The van der Waals surface area contributed by atoms with Crippen LogP contribution in [-0.2, 0) is 9.53 Å². The third kappa shape index (κ3) is 4.07. The van der Waals surface area contributed by atoms with Gasteiger partial charge in [-0.1, -0.05) is 6.92 Å². The number of carbonyl (C=O) groups is 2. The van der Waals surface area contributed by atoms with E-state index in [1.807, 2.05) is 4.90 Å². The highest BCUT2D eigenvalue weighted by molar-refractivity contribution is 5.74. The summed E-state index contributed by atoms with van der Waals surface area (Å²) in [7, 11) is 0. The van der Waals surface area contributed by atoms with Crippen molar-refractivity contribution in [3.05, 3.63) is 0 Å². The van der Waals surface area contributed by atoms with Crippen LogP contribution in [0.5, 0.6) is 0 Å². The van der Waals surface area contributed by atoms with Crippen molar-refractivity contribution in [2.45, 2.75) is 44.9 Å². The third-order valence-corrected chi connectivity index (χ3v) is 4.32. The van der Waals surface area contributed by atoms with E-state index in [9.17, 15) is 9.59 Å². The zero-order chi connectivity index (χ0) is 15.4. The molecular formula is C14H25N3O4. The number of nitrogens with one attached hydrogen (secondary N) is 1. The second-order valence-corrected chi connectivity index (χ2v) is 5.77. The lowest BCUT2D eigenvalue weighted by atomic mass is 10.2. The molecule has 0 spiro atoms. The second-order valence-electron chi connectivity index (χ2n) is 5.77. The standard InChI is InChI=1S/C14H25N3O4/c1-3-16-6-7-17(9-10(16)2)14(20)15-8-11-4-5-12(21-11)13(18)19/h10-12H,3-9H2,1-2H3,(H,15,20)(H,18,19). The first-order chi connectivity index (χ1) is 10.0. The number of nitrogens with zero attached hydrogens (tertiary/aromatic N) is 2. The molecule has 2 aliphatic heterocycles. The number of carboxylic acids is 1. The molecule has 0 radical (unpaired) electrons. The van der Waals surface area contributed by atoms with Gasteiger partial charge in [-0.05, 0) is 26.3 Å². The normalized spacial score (nSPS) is 30.4. The first-order valence-electron chi connectivity index (χ1n) is 7.66. The highest BCUT2D eigenvalue weighted by Gasteiger charge is 2.31. The van der Waals surface area contributed by atoms with Gasteiger partial charge in [-0.3, -0.25) is 4.90 Å². The molecule has 2 fully saturated rings. The molecule has 0 aliphatic carbocycles. The van der Waals surface area contributed by atoms with Crippen LogP contribution in [0.15, 0.2) is 0 Å². The van der Waals surface area contributed by atoms with Gasteiger partial charge in [-0.25, -0.2) is 9.59 Å². The number of likely N-dealkylation sites (N-methyl/N-ethyl adjacent to an activating group) is 1. The van der Waals surface area contributed by atoms with E-state index in [4.69, 9.17) is 9.84 Å². The van der Waals surface area contributed by atoms with Crippen molar-refractivity contribution in [1.82, 2.24) is 15.1 Å². The van der Waals surface area contributed by atoms with Crippen molar-refractivity contribution in [3.8, 4) is 0 Å². The number of carbonyl (C=O) groups excluding carboxylic acids is 1. The average molecular weight is 299 g/mol. The number of rotatable bonds is 4. The molecule has 21 heavy (non-hydrogen) atoms. The molecule has 0 aromatic rings. The van der Waals surface area contributed by atoms with Crippen LogP contribution in [0.1, 0.15) is 26.7 Å². The summed E-state index contributed by atoms with van der Waals surface area (Å²) in [5.74, 6) is -0.923. The van der Waals surface area contributed by atoms with Gasteiger partial charge in [0.05, 0.1) is 6.10 Å². The van der Waals surface area contributed by atoms with E-state index >= 15 is 0 Å². The summed E-state index contributed by atoms with van der Waals surface area (Å²) in [6.07, 6.45) is 0.281. The molecule has 2 aliphatic rings. The minimum atomic E-state index is -0.923. The molecule has 2 saturated heterocycles. The number of urea groups is 1. The van der Waals surface area contributed by atoms with Gasteiger partial charge in [0.2, 0.25) is 0 Å². The topological polar surface area (TPSA) is 82.1 Å². The quantitative estimate of drug-likeness (QED) is 0.783. The summed E-state index contributed by atoms with van der Waals surface area (Å²) in [6, 6.07) is 0.286. The first kappa shape index (κ1) is 16.0. The predicted molar refractivity (Wildman–Crippen MR) is 77.2 cm³/mol. The summed E-state index contributed by atoms with van der Waals surface area (Å²) in [6.45, 7) is 7.99. The highest BCUT2D eigenvalue weighted by atomic mass is 16.5. The Morgan fingerprint density at radius 2 is 2.10 bits per heavy atom. The molecule has 0 aromatic heterocycles. The van der Waals surface area contributed by atoms with Gasteiger partial charge >= 0.3 is 12.0 Å². The highest BCUT2D eigenvalue weighted by Crippen LogP contribution is 2.19. The van der Waals surface area contributed by atoms with E-state index in [2.05, 4.69) is 24.1 Å². The van der Waals surface area contributed by atoms with E-state index in [1.165, 1.54) is 0 Å². The molecule has 0 bridgehead atoms. The van der Waals surface area contributed by atoms with Crippen molar-refractivity contribution in [2.75, 3.05) is 32.7 Å². The number of hydrogen-bond acceptors (Lipinski definition) is 4. The molecule has 120 valence electrons. The van der Waals surface area contributed by atoms with Gasteiger partial charge in [-0.15, -0.1) is 0 Å². The van der Waals surface area contributed by atoms with Crippen molar-refractivity contribution in [1.29, 1.82) is 0 Å². The number of ether oxygens (including phenoxy) is 1. The molecule has 2 amide bonds. The summed E-state index contributed by atoms with van der Waals surface area (Å²) in [5, 5.41) is 11.7. The first-order valence-corrected chi connectivity index (χ1v) is 7.66. The Kier molecular flexibility index (Phi) is 5.41. The summed E-state index contributed by atoms with van der Waals surface area (Å²) < 4.78 is 5.38. The smallest absolute Gasteiger partial charge is 0.332 e. The van der Waals surface area contributed by atoms with Gasteiger partial charge in [-0.2, -0.15) is 0 Å². The van der Waals surface area contributed by atoms with Crippen molar-refractivity contribution < 1.29 is 19.4 Å². The minimum absolute atomic E-state index is 0.0834. The molecule has 7 nitrogen and oxygen atoms in total. The van der Waals surface area contributed by atoms with Gasteiger partial charge in [0, 0.05) is 32.2 Å². The number of piperazine rings is 1. The Morgan fingerprint density at radius 1 is 1.33 bits per heavy atom. The second kappa shape index (κ2) is 7.09. The fourth-order valence-electron chi connectivity index (χ4n) is 3.00. The predicted octanol–water partition coefficient (Wildman–Crippen LogP) is 0.354. The van der Waals surface area contributed by atoms with Crippen LogP contribution < -0.4 is 5.32 Å². The van der Waals surface area contributed by atoms with Crippen molar-refractivity contribution in [3.63, 3.8) is 0 Å². The number of amides is 2. The Morgan fingerprint density at radius 3 is 2.67 bits per heavy atom. The van der Waals surface area contributed by atoms with E-state index in [1.54, 1.807) is 0 Å². The maximum absolute atomic E-state index is 12.1. The maximum atomic E-state index is 12.1. The van der Waals surface area contributed by atoms with Crippen molar-refractivity contribution >= 4 is 12.0 Å². The zero-order valence-electron chi connectivity index (χ0n) is 12.7. The van der Waals surface area contributed by atoms with Crippen LogP contribution in [0.25, 0.3) is 0 Å². The lowest BCUT2D eigenvalue weighted by molar-refractivity contribution is -0.149. The van der Waals surface area contributed by atoms with Crippen LogP contribution in [0.3, 0.4) is 0 Å². The Hall–Kier alpha value is -1.34. The summed E-state index contributed by atoms with van der Waals surface area (Å²) >= 11 is 0. The third-order valence-electron chi connectivity index (χ3n) is 4.32. The SMILES string of the molecule is CCN1CCN(C(=O)NCC2CCC(C(=O)O)O2)CC1C. The molecule has 2 N–H and O–H groups in total. The molecule has 0 saturated carbocycles. The maximum Gasteiger partial charge on any atom is 0.332 e. The lowest BCUT2D eigenvalue weighted by Crippen LogP contribution is -2.56. The Balaban J connectivity index is 1.72. The van der Waals surface area contributed by atoms with Gasteiger partial charge in [0.15, 0.2) is 6.10 Å². The minimum Gasteiger partial charge on any atom is -0.479 e. The largest absolute Gasteiger partial charge is 0.479 e. The van der Waals surface area contributed by atoms with E-state index in [0.717, 1.165) is 26.2 Å². The van der Waals surface area contributed by atoms with Crippen LogP contribution >= 0.6 is 0 Å². The number of aliphatic carboxylic acids is 1. The number of hydrogen-bond donors (Lipinski definition) is 2. The van der Waals surface area contributed by atoms with E-state index < -0.39 is 12.1 Å². The molecule has 7 heteroatoms.